The van der Waals surface area contributed by atoms with E-state index in [-0.39, 0.29) is 17.4 Å². The maximum atomic E-state index is 12.5. The van der Waals surface area contributed by atoms with Gasteiger partial charge < -0.3 is 21.9 Å². The van der Waals surface area contributed by atoms with E-state index in [4.69, 9.17) is 21.4 Å². The van der Waals surface area contributed by atoms with Crippen molar-refractivity contribution in [2.45, 2.75) is 32.5 Å². The summed E-state index contributed by atoms with van der Waals surface area (Å²) < 4.78 is 33.4. The highest BCUT2D eigenvalue weighted by Gasteiger charge is 2.47. The number of carboxylic acids is 1. The number of pyridine rings is 1. The Balaban J connectivity index is 0.000000345. The van der Waals surface area contributed by atoms with Gasteiger partial charge in [0.05, 0.1) is 17.3 Å². The number of aromatic nitrogens is 2. The van der Waals surface area contributed by atoms with Crippen LogP contribution in [0.1, 0.15) is 30.6 Å². The molecule has 1 aliphatic rings. The van der Waals surface area contributed by atoms with Crippen LogP contribution in [0, 0.1) is 11.3 Å². The maximum Gasteiger partial charge on any atom is 0.490 e. The first-order valence-corrected chi connectivity index (χ1v) is 8.41. The number of carbonyl (C=O) groups is 2. The fraction of sp³-hybridized carbons (Fsp3) is 0.471. The molecule has 2 atom stereocenters. The zero-order valence-electron chi connectivity index (χ0n) is 15.3. The fourth-order valence-corrected chi connectivity index (χ4v) is 3.07. The molecule has 28 heavy (non-hydrogen) atoms. The van der Waals surface area contributed by atoms with Gasteiger partial charge in [-0.3, -0.25) is 4.79 Å². The summed E-state index contributed by atoms with van der Waals surface area (Å²) in [5.74, 6) is -2.40. The van der Waals surface area contributed by atoms with E-state index in [0.29, 0.717) is 23.7 Å². The Morgan fingerprint density at radius 3 is 2.54 bits per heavy atom. The Morgan fingerprint density at radius 2 is 2.04 bits per heavy atom. The first-order chi connectivity index (χ1) is 12.9. The molecule has 0 radical (unpaired) electrons. The third kappa shape index (κ3) is 4.35. The molecule has 3 rings (SSSR count). The zero-order valence-corrected chi connectivity index (χ0v) is 15.3. The number of alkyl halides is 3. The van der Waals surface area contributed by atoms with Crippen molar-refractivity contribution in [1.82, 2.24) is 14.9 Å². The summed E-state index contributed by atoms with van der Waals surface area (Å²) in [6.07, 6.45) is -0.827. The highest BCUT2D eigenvalue weighted by molar-refractivity contribution is 6.01. The topological polar surface area (TPSA) is 136 Å². The molecular formula is C17H22F3N5O3. The number of nitrogen functional groups attached to an aromatic ring is 1. The molecule has 0 spiro atoms. The van der Waals surface area contributed by atoms with Crippen LogP contribution in [0.25, 0.3) is 5.52 Å². The molecule has 0 aliphatic heterocycles. The number of rotatable bonds is 3. The van der Waals surface area contributed by atoms with Crippen LogP contribution in [0.2, 0.25) is 0 Å². The lowest BCUT2D eigenvalue weighted by molar-refractivity contribution is -0.192. The lowest BCUT2D eigenvalue weighted by atomic mass is 9.58. The molecule has 6 N–H and O–H groups in total. The number of aliphatic carboxylic acids is 1. The standard InChI is InChI=1S/C15H21N5O.C2HF3O2/c1-15(2)9(7-16)5-13(15)19-14(21)11-8-18-20-4-3-10(17)6-12(11)20;3-2(4,5)1(6)7/h3-4,6,8-9,13H,5,7,16-17H2,1-2H3,(H,19,21);(H,6,7). The van der Waals surface area contributed by atoms with Gasteiger partial charge in [-0.25, -0.2) is 9.31 Å². The van der Waals surface area contributed by atoms with Crippen molar-refractivity contribution in [3.05, 3.63) is 30.1 Å². The minimum Gasteiger partial charge on any atom is -0.475 e. The average Bonchev–Trinajstić information content (AvgIpc) is 3.00. The summed E-state index contributed by atoms with van der Waals surface area (Å²) in [7, 11) is 0. The summed E-state index contributed by atoms with van der Waals surface area (Å²) in [6.45, 7) is 4.95. The Morgan fingerprint density at radius 1 is 1.43 bits per heavy atom. The molecule has 8 nitrogen and oxygen atoms in total. The predicted octanol–water partition coefficient (Wildman–Crippen LogP) is 1.65. The van der Waals surface area contributed by atoms with Gasteiger partial charge in [-0.1, -0.05) is 13.8 Å². The van der Waals surface area contributed by atoms with Crippen molar-refractivity contribution in [2.24, 2.45) is 17.1 Å². The molecule has 2 aromatic rings. The van der Waals surface area contributed by atoms with Crippen LogP contribution < -0.4 is 16.8 Å². The van der Waals surface area contributed by atoms with Crippen molar-refractivity contribution in [3.8, 4) is 0 Å². The van der Waals surface area contributed by atoms with Crippen molar-refractivity contribution in [2.75, 3.05) is 12.3 Å². The number of nitrogens with one attached hydrogen (secondary N) is 1. The lowest BCUT2D eigenvalue weighted by Gasteiger charge is -2.52. The smallest absolute Gasteiger partial charge is 0.475 e. The van der Waals surface area contributed by atoms with Gasteiger partial charge in [0, 0.05) is 17.9 Å². The van der Waals surface area contributed by atoms with Gasteiger partial charge in [0.1, 0.15) is 0 Å². The first-order valence-electron chi connectivity index (χ1n) is 8.41. The van der Waals surface area contributed by atoms with Crippen LogP contribution >= 0.6 is 0 Å². The normalized spacial score (nSPS) is 20.6. The molecule has 11 heteroatoms. The highest BCUT2D eigenvalue weighted by Crippen LogP contribution is 2.45. The van der Waals surface area contributed by atoms with E-state index >= 15 is 0 Å². The molecule has 0 aromatic carbocycles. The van der Waals surface area contributed by atoms with Crippen molar-refractivity contribution in [1.29, 1.82) is 0 Å². The molecule has 154 valence electrons. The van der Waals surface area contributed by atoms with E-state index in [1.807, 2.05) is 0 Å². The molecule has 1 aliphatic carbocycles. The molecule has 1 amide bonds. The molecule has 0 saturated heterocycles. The van der Waals surface area contributed by atoms with Crippen molar-refractivity contribution >= 4 is 23.1 Å². The van der Waals surface area contributed by atoms with Gasteiger partial charge in [0.25, 0.3) is 5.91 Å². The maximum absolute atomic E-state index is 12.5. The molecule has 0 bridgehead atoms. The number of hydrogen-bond acceptors (Lipinski definition) is 5. The number of carbonyl (C=O) groups excluding carboxylic acids is 1. The number of amides is 1. The van der Waals surface area contributed by atoms with Crippen LogP contribution in [0.4, 0.5) is 18.9 Å². The number of nitrogens with zero attached hydrogens (tertiary/aromatic N) is 2. The highest BCUT2D eigenvalue weighted by atomic mass is 19.4. The SMILES string of the molecule is CC1(C)C(CN)CC1NC(=O)c1cnn2ccc(N)cc12.O=C(O)C(F)(F)F. The third-order valence-corrected chi connectivity index (χ3v) is 5.09. The summed E-state index contributed by atoms with van der Waals surface area (Å²) in [5.41, 5.74) is 13.5. The number of hydrogen-bond donors (Lipinski definition) is 4. The summed E-state index contributed by atoms with van der Waals surface area (Å²) >= 11 is 0. The van der Waals surface area contributed by atoms with Crippen LogP contribution in [-0.2, 0) is 4.79 Å². The monoisotopic (exact) mass is 401 g/mol. The largest absolute Gasteiger partial charge is 0.490 e. The lowest BCUT2D eigenvalue weighted by Crippen LogP contribution is -2.60. The number of fused-ring (bicyclic) bond motifs is 1. The van der Waals surface area contributed by atoms with E-state index in [9.17, 15) is 18.0 Å². The van der Waals surface area contributed by atoms with E-state index in [1.54, 1.807) is 29.0 Å². The Kier molecular flexibility index (Phi) is 5.88. The molecular weight excluding hydrogens is 379 g/mol. The van der Waals surface area contributed by atoms with E-state index in [0.717, 1.165) is 11.9 Å². The van der Waals surface area contributed by atoms with Crippen LogP contribution in [0.5, 0.6) is 0 Å². The van der Waals surface area contributed by atoms with Crippen molar-refractivity contribution < 1.29 is 27.9 Å². The summed E-state index contributed by atoms with van der Waals surface area (Å²) in [4.78, 5) is 21.4. The van der Waals surface area contributed by atoms with Gasteiger partial charge >= 0.3 is 12.1 Å². The van der Waals surface area contributed by atoms with Gasteiger partial charge in [-0.05, 0) is 36.4 Å². The number of anilines is 1. The Labute approximate surface area is 158 Å². The number of nitrogens with two attached hydrogens (primary N) is 2. The molecule has 2 unspecified atom stereocenters. The Hall–Kier alpha value is -2.82. The quantitative estimate of drug-likeness (QED) is 0.618. The minimum absolute atomic E-state index is 0.0341. The van der Waals surface area contributed by atoms with Crippen LogP contribution in [0.15, 0.2) is 24.5 Å². The van der Waals surface area contributed by atoms with E-state index < -0.39 is 12.1 Å². The average molecular weight is 401 g/mol. The van der Waals surface area contributed by atoms with Crippen molar-refractivity contribution in [3.63, 3.8) is 0 Å². The number of carboxylic acid groups (broad SMARTS) is 1. The van der Waals surface area contributed by atoms with Crippen LogP contribution in [-0.4, -0.2) is 45.4 Å². The summed E-state index contributed by atoms with van der Waals surface area (Å²) in [5, 5.41) is 14.4. The van der Waals surface area contributed by atoms with Gasteiger partial charge in [-0.2, -0.15) is 18.3 Å². The second-order valence-electron chi connectivity index (χ2n) is 7.17. The first kappa shape index (κ1) is 21.5. The second-order valence-corrected chi connectivity index (χ2v) is 7.17. The van der Waals surface area contributed by atoms with Gasteiger partial charge in [0.15, 0.2) is 0 Å². The second kappa shape index (κ2) is 7.66. The number of halogens is 3. The zero-order chi connectivity index (χ0) is 21.3. The third-order valence-electron chi connectivity index (χ3n) is 5.09. The molecule has 1 fully saturated rings. The molecule has 2 aromatic heterocycles. The van der Waals surface area contributed by atoms with Crippen LogP contribution in [0.3, 0.4) is 0 Å². The fourth-order valence-electron chi connectivity index (χ4n) is 3.07. The van der Waals surface area contributed by atoms with Gasteiger partial charge in [-0.15, -0.1) is 0 Å². The minimum atomic E-state index is -5.08. The van der Waals surface area contributed by atoms with E-state index in [1.165, 1.54) is 0 Å². The Bertz CT molecular complexity index is 879. The molecule has 2 heterocycles. The predicted molar refractivity (Wildman–Crippen MR) is 95.5 cm³/mol. The van der Waals surface area contributed by atoms with E-state index in [2.05, 4.69) is 24.3 Å². The van der Waals surface area contributed by atoms with Gasteiger partial charge in [0.2, 0.25) is 0 Å². The summed E-state index contributed by atoms with van der Waals surface area (Å²) in [6, 6.07) is 3.66. The molecule has 1 saturated carbocycles.